The summed E-state index contributed by atoms with van der Waals surface area (Å²) in [5.74, 6) is 2.44. The van der Waals surface area contributed by atoms with Gasteiger partial charge in [-0.3, -0.25) is 0 Å². The highest BCUT2D eigenvalue weighted by Gasteiger charge is 1.88. The van der Waals surface area contributed by atoms with Crippen molar-refractivity contribution in [1.29, 1.82) is 0 Å². The lowest BCUT2D eigenvalue weighted by molar-refractivity contribution is 0.198. The Morgan fingerprint density at radius 2 is 2.00 bits per heavy atom. The second-order valence-electron chi connectivity index (χ2n) is 3.59. The summed E-state index contributed by atoms with van der Waals surface area (Å²) in [6.07, 6.45) is 11.6. The Hall–Kier alpha value is -1.00. The Bertz CT molecular complexity index is 236. The third-order valence-corrected chi connectivity index (χ3v) is 1.83. The maximum atomic E-state index is 5.15. The van der Waals surface area contributed by atoms with E-state index in [0.717, 1.165) is 12.8 Å². The van der Waals surface area contributed by atoms with Gasteiger partial charge in [0.05, 0.1) is 6.61 Å². The molecule has 0 rings (SSSR count). The Balaban J connectivity index is 3.58. The number of terminal acetylenes is 1. The molecule has 0 spiro atoms. The van der Waals surface area contributed by atoms with Crippen LogP contribution >= 0.6 is 0 Å². The lowest BCUT2D eigenvalue weighted by Gasteiger charge is -1.99. The first kappa shape index (κ1) is 13.0. The van der Waals surface area contributed by atoms with Crippen molar-refractivity contribution in [2.75, 3.05) is 13.2 Å². The Labute approximate surface area is 87.9 Å². The minimum atomic E-state index is 0.401. The highest BCUT2D eigenvalue weighted by molar-refractivity contribution is 5.02. The Morgan fingerprint density at radius 1 is 1.29 bits per heavy atom. The van der Waals surface area contributed by atoms with E-state index in [1.807, 2.05) is 0 Å². The largest absolute Gasteiger partial charge is 0.365 e. The van der Waals surface area contributed by atoms with Crippen LogP contribution in [0.15, 0.2) is 23.3 Å². The van der Waals surface area contributed by atoms with E-state index < -0.39 is 0 Å². The van der Waals surface area contributed by atoms with Crippen LogP contribution in [0, 0.1) is 12.3 Å². The van der Waals surface area contributed by atoms with Gasteiger partial charge in [-0.05, 0) is 33.6 Å². The summed E-state index contributed by atoms with van der Waals surface area (Å²) in [5.41, 5.74) is 2.74. The first-order valence-electron chi connectivity index (χ1n) is 4.97. The smallest absolute Gasteiger partial charge is 0.107 e. The topological polar surface area (TPSA) is 9.23 Å². The van der Waals surface area contributed by atoms with Crippen LogP contribution in [-0.4, -0.2) is 13.2 Å². The molecule has 0 aromatic rings. The van der Waals surface area contributed by atoms with E-state index in [1.54, 1.807) is 0 Å². The van der Waals surface area contributed by atoms with Gasteiger partial charge in [-0.15, -0.1) is 6.42 Å². The molecule has 0 atom stereocenters. The van der Waals surface area contributed by atoms with Gasteiger partial charge in [-0.1, -0.05) is 29.2 Å². The molecule has 0 amide bonds. The predicted molar refractivity (Wildman–Crippen MR) is 62.1 cm³/mol. The van der Waals surface area contributed by atoms with Crippen molar-refractivity contribution in [2.24, 2.45) is 0 Å². The van der Waals surface area contributed by atoms with E-state index in [0.29, 0.717) is 13.2 Å². The zero-order valence-electron chi connectivity index (χ0n) is 9.47. The average Bonchev–Trinajstić information content (AvgIpc) is 2.12. The van der Waals surface area contributed by atoms with Crippen molar-refractivity contribution < 1.29 is 4.74 Å². The monoisotopic (exact) mass is 192 g/mol. The summed E-state index contributed by atoms with van der Waals surface area (Å²) in [7, 11) is 0. The molecule has 0 aliphatic heterocycles. The van der Waals surface area contributed by atoms with Gasteiger partial charge >= 0.3 is 0 Å². The van der Waals surface area contributed by atoms with Gasteiger partial charge in [0.2, 0.25) is 0 Å². The third kappa shape index (κ3) is 9.09. The number of ether oxygens (including phenoxy) is 1. The summed E-state index contributed by atoms with van der Waals surface area (Å²) in [6.45, 7) is 7.39. The maximum Gasteiger partial charge on any atom is 0.107 e. The van der Waals surface area contributed by atoms with Gasteiger partial charge in [0, 0.05) is 0 Å². The van der Waals surface area contributed by atoms with E-state index in [1.165, 1.54) is 11.1 Å². The highest BCUT2D eigenvalue weighted by atomic mass is 16.5. The molecule has 1 nitrogen and oxygen atoms in total. The summed E-state index contributed by atoms with van der Waals surface area (Å²) in [6, 6.07) is 0. The fraction of sp³-hybridized carbons (Fsp3) is 0.538. The van der Waals surface area contributed by atoms with Crippen molar-refractivity contribution in [3.05, 3.63) is 23.3 Å². The van der Waals surface area contributed by atoms with Crippen molar-refractivity contribution in [3.8, 4) is 12.3 Å². The first-order valence-corrected chi connectivity index (χ1v) is 4.97. The van der Waals surface area contributed by atoms with E-state index in [-0.39, 0.29) is 0 Å². The van der Waals surface area contributed by atoms with Crippen LogP contribution in [-0.2, 0) is 4.74 Å². The van der Waals surface area contributed by atoms with Gasteiger partial charge < -0.3 is 4.74 Å². The molecule has 0 aromatic heterocycles. The van der Waals surface area contributed by atoms with Crippen LogP contribution < -0.4 is 0 Å². The van der Waals surface area contributed by atoms with Crippen molar-refractivity contribution in [3.63, 3.8) is 0 Å². The second kappa shape index (κ2) is 8.59. The molecule has 0 saturated carbocycles. The molecular weight excluding hydrogens is 172 g/mol. The van der Waals surface area contributed by atoms with Crippen LogP contribution in [0.3, 0.4) is 0 Å². The zero-order valence-corrected chi connectivity index (χ0v) is 9.47. The van der Waals surface area contributed by atoms with Gasteiger partial charge in [0.15, 0.2) is 0 Å². The Kier molecular flexibility index (Phi) is 7.98. The van der Waals surface area contributed by atoms with Crippen LogP contribution in [0.25, 0.3) is 0 Å². The van der Waals surface area contributed by atoms with Crippen LogP contribution in [0.4, 0.5) is 0 Å². The molecule has 0 heterocycles. The standard InChI is InChI=1S/C13H20O/c1-5-10-14-11-9-13(4)8-6-7-12(2)3/h1,7,9H,6,8,10-11H2,2-4H3/b13-9-. The minimum absolute atomic E-state index is 0.401. The average molecular weight is 192 g/mol. The number of hydrogen-bond acceptors (Lipinski definition) is 1. The second-order valence-corrected chi connectivity index (χ2v) is 3.59. The molecule has 0 fully saturated rings. The summed E-state index contributed by atoms with van der Waals surface area (Å²) < 4.78 is 5.15. The molecule has 0 aliphatic carbocycles. The van der Waals surface area contributed by atoms with Crippen LogP contribution in [0.5, 0.6) is 0 Å². The summed E-state index contributed by atoms with van der Waals surface area (Å²) >= 11 is 0. The number of rotatable bonds is 6. The molecule has 0 unspecified atom stereocenters. The normalized spacial score (nSPS) is 10.9. The van der Waals surface area contributed by atoms with Crippen LogP contribution in [0.2, 0.25) is 0 Å². The molecular formula is C13H20O. The van der Waals surface area contributed by atoms with Gasteiger partial charge in [0.1, 0.15) is 6.61 Å². The van der Waals surface area contributed by atoms with E-state index in [2.05, 4.69) is 38.8 Å². The lowest BCUT2D eigenvalue weighted by atomic mass is 10.1. The minimum Gasteiger partial charge on any atom is -0.365 e. The van der Waals surface area contributed by atoms with Gasteiger partial charge in [-0.2, -0.15) is 0 Å². The molecule has 0 aliphatic rings. The first-order chi connectivity index (χ1) is 6.66. The molecule has 0 N–H and O–H groups in total. The third-order valence-electron chi connectivity index (χ3n) is 1.83. The number of allylic oxidation sites excluding steroid dienone is 3. The zero-order chi connectivity index (χ0) is 10.8. The molecule has 0 aromatic carbocycles. The molecule has 0 saturated heterocycles. The van der Waals surface area contributed by atoms with E-state index in [9.17, 15) is 0 Å². The molecule has 14 heavy (non-hydrogen) atoms. The van der Waals surface area contributed by atoms with Crippen LogP contribution in [0.1, 0.15) is 33.6 Å². The van der Waals surface area contributed by atoms with E-state index in [4.69, 9.17) is 11.2 Å². The molecule has 78 valence electrons. The molecule has 1 heteroatoms. The van der Waals surface area contributed by atoms with E-state index >= 15 is 0 Å². The van der Waals surface area contributed by atoms with Crippen molar-refractivity contribution in [1.82, 2.24) is 0 Å². The van der Waals surface area contributed by atoms with Crippen molar-refractivity contribution in [2.45, 2.75) is 33.6 Å². The fourth-order valence-corrected chi connectivity index (χ4v) is 1.01. The van der Waals surface area contributed by atoms with Gasteiger partial charge in [-0.25, -0.2) is 0 Å². The lowest BCUT2D eigenvalue weighted by Crippen LogP contribution is -1.91. The fourth-order valence-electron chi connectivity index (χ4n) is 1.01. The SMILES string of the molecule is C#CCOC/C=C(/C)CCC=C(C)C. The quantitative estimate of drug-likeness (QED) is 0.356. The molecule has 0 radical (unpaired) electrons. The Morgan fingerprint density at radius 3 is 2.57 bits per heavy atom. The van der Waals surface area contributed by atoms with Gasteiger partial charge in [0.25, 0.3) is 0 Å². The van der Waals surface area contributed by atoms with Crippen molar-refractivity contribution >= 4 is 0 Å². The summed E-state index contributed by atoms with van der Waals surface area (Å²) in [4.78, 5) is 0. The summed E-state index contributed by atoms with van der Waals surface area (Å²) in [5, 5.41) is 0. The molecule has 0 bridgehead atoms. The number of hydrogen-bond donors (Lipinski definition) is 0. The predicted octanol–water partition coefficient (Wildman–Crippen LogP) is 3.33. The highest BCUT2D eigenvalue weighted by Crippen LogP contribution is 2.06. The maximum absolute atomic E-state index is 5.15.